The first-order chi connectivity index (χ1) is 14.1. The Morgan fingerprint density at radius 2 is 1.83 bits per heavy atom. The van der Waals surface area contributed by atoms with Crippen molar-refractivity contribution in [2.45, 2.75) is 91.0 Å². The van der Waals surface area contributed by atoms with Crippen LogP contribution in [0.25, 0.3) is 0 Å². The van der Waals surface area contributed by atoms with Crippen LogP contribution in [0.5, 0.6) is 0 Å². The number of fused-ring (bicyclic) bond motifs is 1. The minimum Gasteiger partial charge on any atom is -0.393 e. The fraction of sp³-hybridized carbons (Fsp3) is 0.704. The number of hydrogen-bond donors (Lipinski definition) is 3. The molecule has 3 saturated carbocycles. The highest BCUT2D eigenvalue weighted by Gasteiger charge is 2.50. The van der Waals surface area contributed by atoms with Crippen molar-refractivity contribution in [2.75, 3.05) is 0 Å². The number of allylic oxidation sites excluding steroid dienone is 4. The molecule has 3 heteroatoms. The molecule has 0 saturated heterocycles. The zero-order valence-corrected chi connectivity index (χ0v) is 19.3. The van der Waals surface area contributed by atoms with Crippen molar-refractivity contribution in [3.8, 4) is 0 Å². The van der Waals surface area contributed by atoms with Gasteiger partial charge in [0.15, 0.2) is 0 Å². The van der Waals surface area contributed by atoms with E-state index in [9.17, 15) is 15.3 Å². The first-order valence-electron chi connectivity index (χ1n) is 11.9. The van der Waals surface area contributed by atoms with Crippen LogP contribution in [-0.4, -0.2) is 33.6 Å². The Bertz CT molecular complexity index is 716. The van der Waals surface area contributed by atoms with Gasteiger partial charge in [0.25, 0.3) is 0 Å². The summed E-state index contributed by atoms with van der Waals surface area (Å²) >= 11 is 0. The molecular formula is C27H42O3. The van der Waals surface area contributed by atoms with Crippen LogP contribution in [0.1, 0.15) is 72.6 Å². The number of aliphatic hydroxyl groups excluding tert-OH is 3. The van der Waals surface area contributed by atoms with E-state index in [1.165, 1.54) is 31.3 Å². The summed E-state index contributed by atoms with van der Waals surface area (Å²) < 4.78 is 0. The van der Waals surface area contributed by atoms with Gasteiger partial charge in [-0.15, -0.1) is 0 Å². The van der Waals surface area contributed by atoms with Crippen LogP contribution < -0.4 is 0 Å². The topological polar surface area (TPSA) is 60.7 Å². The maximum absolute atomic E-state index is 10.2. The summed E-state index contributed by atoms with van der Waals surface area (Å²) in [4.78, 5) is 0. The zero-order valence-electron chi connectivity index (χ0n) is 19.3. The normalized spacial score (nSPS) is 39.8. The molecule has 0 aromatic rings. The predicted octanol–water partition coefficient (Wildman–Crippen LogP) is 5.34. The van der Waals surface area contributed by atoms with E-state index in [1.54, 1.807) is 0 Å². The SMILES string of the molecule is C=C1/C(=C/C=C2\CCC[C@]3(C)[C@@H]([C@H](C)/C=C/[C@@H](O)C(C)C)CC[C@@H]23)C[C@@H](O)C[C@@H]1O. The van der Waals surface area contributed by atoms with Gasteiger partial charge in [0, 0.05) is 6.42 Å². The van der Waals surface area contributed by atoms with Crippen LogP contribution in [0, 0.1) is 29.1 Å². The van der Waals surface area contributed by atoms with Crippen molar-refractivity contribution in [1.82, 2.24) is 0 Å². The summed E-state index contributed by atoms with van der Waals surface area (Å²) in [6.45, 7) is 13.0. The minimum atomic E-state index is -0.625. The van der Waals surface area contributed by atoms with E-state index in [-0.39, 0.29) is 12.0 Å². The van der Waals surface area contributed by atoms with Crippen molar-refractivity contribution < 1.29 is 15.3 Å². The Balaban J connectivity index is 1.76. The Morgan fingerprint density at radius 1 is 1.10 bits per heavy atom. The van der Waals surface area contributed by atoms with Crippen molar-refractivity contribution in [3.05, 3.63) is 47.6 Å². The largest absolute Gasteiger partial charge is 0.393 e. The Morgan fingerprint density at radius 3 is 2.53 bits per heavy atom. The van der Waals surface area contributed by atoms with Crippen LogP contribution >= 0.6 is 0 Å². The maximum Gasteiger partial charge on any atom is 0.0811 e. The predicted molar refractivity (Wildman–Crippen MR) is 124 cm³/mol. The average Bonchev–Trinajstić information content (AvgIpc) is 3.04. The zero-order chi connectivity index (χ0) is 22.1. The van der Waals surface area contributed by atoms with Crippen molar-refractivity contribution in [1.29, 1.82) is 0 Å². The van der Waals surface area contributed by atoms with Crippen LogP contribution in [0.3, 0.4) is 0 Å². The van der Waals surface area contributed by atoms with Gasteiger partial charge in [-0.05, 0) is 78.8 Å². The van der Waals surface area contributed by atoms with Gasteiger partial charge in [-0.2, -0.15) is 0 Å². The molecule has 0 heterocycles. The minimum absolute atomic E-state index is 0.254. The van der Waals surface area contributed by atoms with E-state index in [0.29, 0.717) is 36.0 Å². The highest BCUT2D eigenvalue weighted by Crippen LogP contribution is 2.59. The third-order valence-electron chi connectivity index (χ3n) is 8.23. The fourth-order valence-corrected chi connectivity index (χ4v) is 6.25. The van der Waals surface area contributed by atoms with Crippen molar-refractivity contribution in [2.24, 2.45) is 29.1 Å². The molecule has 168 valence electrons. The second-order valence-electron chi connectivity index (χ2n) is 10.6. The quantitative estimate of drug-likeness (QED) is 0.532. The molecule has 3 fully saturated rings. The smallest absolute Gasteiger partial charge is 0.0811 e. The van der Waals surface area contributed by atoms with Crippen molar-refractivity contribution >= 4 is 0 Å². The van der Waals surface area contributed by atoms with Gasteiger partial charge in [0.1, 0.15) is 0 Å². The summed E-state index contributed by atoms with van der Waals surface area (Å²) in [5.74, 6) is 1.96. The molecule has 0 amide bonds. The molecule has 0 radical (unpaired) electrons. The van der Waals surface area contributed by atoms with Crippen LogP contribution in [0.4, 0.5) is 0 Å². The Hall–Kier alpha value is -1.16. The second-order valence-corrected chi connectivity index (χ2v) is 10.6. The van der Waals surface area contributed by atoms with Gasteiger partial charge in [-0.1, -0.05) is 64.2 Å². The molecular weight excluding hydrogens is 372 g/mol. The monoisotopic (exact) mass is 414 g/mol. The van der Waals surface area contributed by atoms with E-state index in [0.717, 1.165) is 17.6 Å². The summed E-state index contributed by atoms with van der Waals surface area (Å²) in [5, 5.41) is 30.3. The summed E-state index contributed by atoms with van der Waals surface area (Å²) in [6, 6.07) is 0. The molecule has 0 spiro atoms. The molecule has 0 aromatic heterocycles. The van der Waals surface area contributed by atoms with E-state index in [4.69, 9.17) is 0 Å². The molecule has 3 aliphatic rings. The molecule has 0 aromatic carbocycles. The van der Waals surface area contributed by atoms with Gasteiger partial charge in [-0.3, -0.25) is 0 Å². The summed E-state index contributed by atoms with van der Waals surface area (Å²) in [7, 11) is 0. The first kappa shape index (κ1) is 23.5. The number of rotatable bonds is 5. The third-order valence-corrected chi connectivity index (χ3v) is 8.23. The van der Waals surface area contributed by atoms with Crippen LogP contribution in [0.2, 0.25) is 0 Å². The maximum atomic E-state index is 10.2. The second kappa shape index (κ2) is 9.54. The summed E-state index contributed by atoms with van der Waals surface area (Å²) in [6.07, 6.45) is 14.3. The number of aliphatic hydroxyl groups is 3. The lowest BCUT2D eigenvalue weighted by Gasteiger charge is -2.44. The Kier molecular flexibility index (Phi) is 7.48. The van der Waals surface area contributed by atoms with Gasteiger partial charge < -0.3 is 15.3 Å². The van der Waals surface area contributed by atoms with Crippen LogP contribution in [0.15, 0.2) is 47.6 Å². The molecule has 0 unspecified atom stereocenters. The molecule has 3 rings (SSSR count). The van der Waals surface area contributed by atoms with E-state index in [1.807, 2.05) is 6.08 Å². The molecule has 3 N–H and O–H groups in total. The first-order valence-corrected chi connectivity index (χ1v) is 11.9. The Labute approximate surface area is 183 Å². The fourth-order valence-electron chi connectivity index (χ4n) is 6.25. The highest BCUT2D eigenvalue weighted by molar-refractivity contribution is 5.38. The average molecular weight is 415 g/mol. The van der Waals surface area contributed by atoms with Gasteiger partial charge >= 0.3 is 0 Å². The molecule has 7 atom stereocenters. The standard InChI is InChI=1S/C27H42O3/c1-17(2)25(29)13-8-18(3)23-11-12-24-20(7-6-14-27(23,24)5)9-10-21-15-22(28)16-26(30)19(21)4/h8-10,13,17-18,22-26,28-30H,4,6-7,11-12,14-16H2,1-3,5H3/b13-8+,20-9+,21-10+/t18-,22-,23-,24+,25-,26+,27-/m1/s1. The summed E-state index contributed by atoms with van der Waals surface area (Å²) in [5.41, 5.74) is 3.59. The van der Waals surface area contributed by atoms with E-state index in [2.05, 4.69) is 52.5 Å². The lowest BCUT2D eigenvalue weighted by atomic mass is 9.61. The lowest BCUT2D eigenvalue weighted by molar-refractivity contribution is 0.0862. The van der Waals surface area contributed by atoms with Crippen molar-refractivity contribution in [3.63, 3.8) is 0 Å². The van der Waals surface area contributed by atoms with E-state index >= 15 is 0 Å². The number of hydrogen-bond acceptors (Lipinski definition) is 3. The van der Waals surface area contributed by atoms with E-state index < -0.39 is 12.2 Å². The molecule has 3 aliphatic carbocycles. The molecule has 30 heavy (non-hydrogen) atoms. The molecule has 0 aliphatic heterocycles. The molecule has 3 nitrogen and oxygen atoms in total. The van der Waals surface area contributed by atoms with Gasteiger partial charge in [0.05, 0.1) is 18.3 Å². The lowest BCUT2D eigenvalue weighted by Crippen LogP contribution is -2.35. The van der Waals surface area contributed by atoms with Gasteiger partial charge in [0.2, 0.25) is 0 Å². The van der Waals surface area contributed by atoms with Gasteiger partial charge in [-0.25, -0.2) is 0 Å². The highest BCUT2D eigenvalue weighted by atomic mass is 16.3. The third kappa shape index (κ3) is 4.84. The van der Waals surface area contributed by atoms with Crippen LogP contribution in [-0.2, 0) is 0 Å². The molecule has 0 bridgehead atoms.